The Morgan fingerprint density at radius 1 is 0.844 bits per heavy atom. The van der Waals surface area contributed by atoms with E-state index >= 15 is 0 Å². The van der Waals surface area contributed by atoms with E-state index < -0.39 is 35.0 Å². The summed E-state index contributed by atoms with van der Waals surface area (Å²) in [6.45, 7) is 14.9. The number of aryl methyl sites for hydroxylation is 1. The van der Waals surface area contributed by atoms with Crippen LogP contribution in [-0.4, -0.2) is 122 Å². The zero-order valence-electron chi connectivity index (χ0n) is 46.0. The molecule has 19 heteroatoms. The highest BCUT2D eigenvalue weighted by molar-refractivity contribution is 7.13. The summed E-state index contributed by atoms with van der Waals surface area (Å²) in [7, 11) is 3.93. The molecule has 7 rings (SSSR count). The monoisotopic (exact) mass is 1070 g/mol. The Morgan fingerprint density at radius 2 is 1.51 bits per heavy atom. The molecule has 7 amide bonds. The summed E-state index contributed by atoms with van der Waals surface area (Å²) >= 11 is 1.58. The number of nitrogens with one attached hydrogen (secondary N) is 6. The summed E-state index contributed by atoms with van der Waals surface area (Å²) in [4.78, 5) is 91.7. The lowest BCUT2D eigenvalue weighted by molar-refractivity contribution is -0.141. The average Bonchev–Trinajstić information content (AvgIpc) is 4.19. The number of H-pyrrole nitrogens is 1. The van der Waals surface area contributed by atoms with E-state index in [1.807, 2.05) is 128 Å². The maximum atomic E-state index is 14.1. The Labute approximate surface area is 456 Å². The van der Waals surface area contributed by atoms with Gasteiger partial charge in [0.25, 0.3) is 11.8 Å². The number of anilines is 1. The van der Waals surface area contributed by atoms with Gasteiger partial charge in [-0.15, -0.1) is 11.3 Å². The van der Waals surface area contributed by atoms with Crippen molar-refractivity contribution in [1.82, 2.24) is 51.1 Å². The van der Waals surface area contributed by atoms with Crippen LogP contribution in [-0.2, 0) is 26.5 Å². The molecule has 77 heavy (non-hydrogen) atoms. The van der Waals surface area contributed by atoms with E-state index in [1.54, 1.807) is 45.4 Å². The van der Waals surface area contributed by atoms with Crippen LogP contribution in [0.25, 0.3) is 10.4 Å². The van der Waals surface area contributed by atoms with E-state index in [2.05, 4.69) is 41.8 Å². The summed E-state index contributed by atoms with van der Waals surface area (Å²) in [5.41, 5.74) is 6.68. The minimum absolute atomic E-state index is 0.0293. The van der Waals surface area contributed by atoms with E-state index in [9.17, 15) is 33.9 Å². The maximum absolute atomic E-state index is 14.1. The average molecular weight is 1070 g/mol. The SMILES string of the molecule is Cc1ncsc1-c1ccc([C@H](C)NC(=O)C[C@@H]2C[C@@H](O)CN2C(=O)[C@@H](NC(=O)CCCCCCCNC(=O)c2ccc(C(=O)Nc3n[nH]c4c3CN(C(=O)N[C@H](CN(C)C)c3ccccc3)C4(C)C)cc2)C(C)(C)C)cc1. The number of fused-ring (bicyclic) bond motifs is 1. The van der Waals surface area contributed by atoms with Crippen LogP contribution in [0.15, 0.2) is 84.4 Å². The zero-order chi connectivity index (χ0) is 55.6. The number of hydrogen-bond donors (Lipinski definition) is 7. The molecule has 5 atom stereocenters. The number of rotatable bonds is 22. The van der Waals surface area contributed by atoms with Gasteiger partial charge in [0.2, 0.25) is 17.7 Å². The van der Waals surface area contributed by atoms with Crippen molar-refractivity contribution in [2.45, 2.75) is 142 Å². The molecule has 1 saturated heterocycles. The molecule has 0 radical (unpaired) electrons. The molecule has 7 N–H and O–H groups in total. The number of likely N-dealkylation sites (tertiary alicyclic amines) is 1. The summed E-state index contributed by atoms with van der Waals surface area (Å²) in [5, 5.41) is 33.2. The Bertz CT molecular complexity index is 2840. The number of urea groups is 1. The lowest BCUT2D eigenvalue weighted by Gasteiger charge is -2.35. The van der Waals surface area contributed by atoms with Crippen LogP contribution in [0.5, 0.6) is 0 Å². The predicted molar refractivity (Wildman–Crippen MR) is 299 cm³/mol. The predicted octanol–water partition coefficient (Wildman–Crippen LogP) is 7.99. The number of aliphatic hydroxyl groups is 1. The molecule has 2 aromatic heterocycles. The van der Waals surface area contributed by atoms with Crippen molar-refractivity contribution >= 4 is 52.7 Å². The van der Waals surface area contributed by atoms with Crippen molar-refractivity contribution in [3.8, 4) is 10.4 Å². The first kappa shape index (κ1) is 57.7. The van der Waals surface area contributed by atoms with E-state index in [1.165, 1.54) is 0 Å². The number of hydrogen-bond acceptors (Lipinski definition) is 11. The Hall–Kier alpha value is -6.96. The van der Waals surface area contributed by atoms with Gasteiger partial charge in [0.1, 0.15) is 6.04 Å². The fraction of sp³-hybridized carbons (Fsp3) is 0.483. The number of carbonyl (C=O) groups is 6. The molecule has 1 fully saturated rings. The zero-order valence-corrected chi connectivity index (χ0v) is 46.8. The van der Waals surface area contributed by atoms with Crippen molar-refractivity contribution in [2.24, 2.45) is 5.41 Å². The Balaban J connectivity index is 0.795. The van der Waals surface area contributed by atoms with E-state index in [-0.39, 0.29) is 74.1 Å². The highest BCUT2D eigenvalue weighted by Crippen LogP contribution is 2.41. The number of amides is 7. The van der Waals surface area contributed by atoms with Gasteiger partial charge in [-0.05, 0) is 107 Å². The van der Waals surface area contributed by atoms with Crippen molar-refractivity contribution in [3.05, 3.63) is 124 Å². The van der Waals surface area contributed by atoms with E-state index in [0.717, 1.165) is 64.2 Å². The van der Waals surface area contributed by atoms with Gasteiger partial charge in [-0.25, -0.2) is 9.78 Å². The molecule has 5 aromatic rings. The fourth-order valence-corrected chi connectivity index (χ4v) is 11.0. The number of aromatic amines is 1. The molecule has 412 valence electrons. The molecule has 3 aromatic carbocycles. The second-order valence-electron chi connectivity index (χ2n) is 22.3. The van der Waals surface area contributed by atoms with Crippen LogP contribution in [0, 0.1) is 12.3 Å². The molecule has 18 nitrogen and oxygen atoms in total. The van der Waals surface area contributed by atoms with Gasteiger partial charge >= 0.3 is 6.03 Å². The molecule has 0 unspecified atom stereocenters. The minimum atomic E-state index is -0.847. The first-order valence-electron chi connectivity index (χ1n) is 26.7. The fourth-order valence-electron chi connectivity index (χ4n) is 10.2. The van der Waals surface area contributed by atoms with Gasteiger partial charge in [0, 0.05) is 55.2 Å². The summed E-state index contributed by atoms with van der Waals surface area (Å²) in [6, 6.07) is 22.2. The standard InChI is InChI=1S/C58H77N11O7S/c1-36(38-21-23-40(24-22-38)49-37(2)60-35-77-49)61-48(72)31-43-30-44(70)32-68(43)55(75)51(57(3,4)5)63-47(71)20-16-11-10-12-17-29-59-53(73)41-25-27-42(28-26-41)54(74)64-52-45-33-69(58(6,7)50(45)65-66-52)56(76)62-46(34-67(8)9)39-18-14-13-15-19-39/h13-15,18-19,21-28,35-36,43-44,46,51,70H,10-12,16-17,20,29-34H2,1-9H3,(H,59,73)(H,61,72)(H,62,76)(H,63,71)(H2,64,65,66,74)/t36-,43-,44+,46+,51+/m0/s1. The number of thiazole rings is 1. The van der Waals surface area contributed by atoms with Gasteiger partial charge < -0.3 is 46.4 Å². The number of carbonyl (C=O) groups excluding carboxylic acids is 6. The van der Waals surface area contributed by atoms with Crippen LogP contribution in [0.2, 0.25) is 0 Å². The molecule has 0 saturated carbocycles. The molecule has 0 spiro atoms. The van der Waals surface area contributed by atoms with Crippen LogP contribution in [0.4, 0.5) is 10.6 Å². The van der Waals surface area contributed by atoms with Gasteiger partial charge in [0.05, 0.1) is 52.0 Å². The molecule has 2 aliphatic heterocycles. The second-order valence-corrected chi connectivity index (χ2v) is 23.2. The molecule has 0 bridgehead atoms. The highest BCUT2D eigenvalue weighted by Gasteiger charge is 2.45. The molecule has 2 aliphatic rings. The lowest BCUT2D eigenvalue weighted by Crippen LogP contribution is -2.56. The van der Waals surface area contributed by atoms with Crippen molar-refractivity contribution in [3.63, 3.8) is 0 Å². The third-order valence-corrected chi connectivity index (χ3v) is 15.6. The van der Waals surface area contributed by atoms with Crippen LogP contribution in [0.3, 0.4) is 0 Å². The number of likely N-dealkylation sites (N-methyl/N-ethyl adjacent to an activating group) is 1. The second kappa shape index (κ2) is 25.5. The molecule has 4 heterocycles. The van der Waals surface area contributed by atoms with Crippen LogP contribution < -0.4 is 26.6 Å². The minimum Gasteiger partial charge on any atom is -0.391 e. The summed E-state index contributed by atoms with van der Waals surface area (Å²) in [5.74, 6) is -1.08. The third kappa shape index (κ3) is 14.8. The maximum Gasteiger partial charge on any atom is 0.319 e. The number of aliphatic hydroxyl groups excluding tert-OH is 1. The number of β-amino-alcohol motifs (C(OH)–C–C–N with tert-alkyl or cyclic N) is 1. The number of benzene rings is 3. The Kier molecular flexibility index (Phi) is 19.1. The topological polar surface area (TPSA) is 234 Å². The van der Waals surface area contributed by atoms with Gasteiger partial charge in [-0.2, -0.15) is 5.10 Å². The largest absolute Gasteiger partial charge is 0.391 e. The van der Waals surface area contributed by atoms with Gasteiger partial charge in [-0.3, -0.25) is 29.1 Å². The first-order chi connectivity index (χ1) is 36.6. The third-order valence-electron chi connectivity index (χ3n) is 14.6. The van der Waals surface area contributed by atoms with Crippen molar-refractivity contribution < 1.29 is 33.9 Å². The lowest BCUT2D eigenvalue weighted by atomic mass is 9.85. The van der Waals surface area contributed by atoms with Crippen molar-refractivity contribution in [1.29, 1.82) is 0 Å². The highest BCUT2D eigenvalue weighted by atomic mass is 32.1. The molecular formula is C58H77N11O7S. The van der Waals surface area contributed by atoms with E-state index in [4.69, 9.17) is 0 Å². The van der Waals surface area contributed by atoms with Crippen molar-refractivity contribution in [2.75, 3.05) is 39.0 Å². The van der Waals surface area contributed by atoms with Crippen LogP contribution in [0.1, 0.15) is 154 Å². The smallest absolute Gasteiger partial charge is 0.319 e. The first-order valence-corrected chi connectivity index (χ1v) is 27.6. The Morgan fingerprint density at radius 3 is 2.16 bits per heavy atom. The number of unbranched alkanes of at least 4 members (excludes halogenated alkanes) is 4. The summed E-state index contributed by atoms with van der Waals surface area (Å²) in [6.07, 6.45) is 3.63. The van der Waals surface area contributed by atoms with Gasteiger partial charge in [0.15, 0.2) is 5.82 Å². The van der Waals surface area contributed by atoms with E-state index in [0.29, 0.717) is 36.5 Å². The summed E-state index contributed by atoms with van der Waals surface area (Å²) < 4.78 is 0. The van der Waals surface area contributed by atoms with Gasteiger partial charge in [-0.1, -0.05) is 94.6 Å². The number of nitrogens with zero attached hydrogens (tertiary/aromatic N) is 5. The van der Waals surface area contributed by atoms with Crippen LogP contribution >= 0.6 is 11.3 Å². The molecular weight excluding hydrogens is 995 g/mol. The normalized spacial score (nSPS) is 17.1. The molecule has 0 aliphatic carbocycles. The number of aromatic nitrogens is 3. The quantitative estimate of drug-likeness (QED) is 0.0330.